The van der Waals surface area contributed by atoms with Crippen LogP contribution in [0.5, 0.6) is 0 Å². The summed E-state index contributed by atoms with van der Waals surface area (Å²) >= 11 is 0. The molecule has 2 aromatic carbocycles. The molecule has 0 saturated carbocycles. The van der Waals surface area contributed by atoms with Gasteiger partial charge in [-0.05, 0) is 31.2 Å². The Morgan fingerprint density at radius 2 is 1.64 bits per heavy atom. The molecular weight excluding hydrogens is 316 g/mol. The van der Waals surface area contributed by atoms with Crippen LogP contribution >= 0.6 is 0 Å². The van der Waals surface area contributed by atoms with Crippen molar-refractivity contribution in [3.05, 3.63) is 89.9 Å². The summed E-state index contributed by atoms with van der Waals surface area (Å²) in [5.74, 6) is -0.545. The van der Waals surface area contributed by atoms with Crippen molar-refractivity contribution in [1.82, 2.24) is 5.32 Å². The lowest BCUT2D eigenvalue weighted by Gasteiger charge is -2.20. The standard InChI is InChI=1S/C20H18N2O3/c1-14-9-11-16(12-10-14)21-19(18(23)15-6-3-2-4-7-15)22-20(24)17-8-5-13-25-17/h2-13,19,21H,1H3,(H,22,24). The molecule has 0 aliphatic rings. The smallest absolute Gasteiger partial charge is 0.288 e. The maximum absolute atomic E-state index is 12.8. The van der Waals surface area contributed by atoms with E-state index in [1.54, 1.807) is 36.4 Å². The van der Waals surface area contributed by atoms with Crippen molar-refractivity contribution in [3.8, 4) is 0 Å². The van der Waals surface area contributed by atoms with Crippen molar-refractivity contribution in [2.75, 3.05) is 5.32 Å². The predicted octanol–water partition coefficient (Wildman–Crippen LogP) is 3.64. The number of furan rings is 1. The number of aryl methyl sites for hydroxylation is 1. The van der Waals surface area contributed by atoms with Gasteiger partial charge in [0.25, 0.3) is 5.91 Å². The summed E-state index contributed by atoms with van der Waals surface area (Å²) in [6.45, 7) is 1.98. The van der Waals surface area contributed by atoms with Crippen molar-refractivity contribution in [1.29, 1.82) is 0 Å². The molecule has 0 aliphatic carbocycles. The number of rotatable bonds is 6. The van der Waals surface area contributed by atoms with E-state index in [9.17, 15) is 9.59 Å². The quantitative estimate of drug-likeness (QED) is 0.533. The minimum atomic E-state index is -0.914. The first-order valence-electron chi connectivity index (χ1n) is 7.90. The van der Waals surface area contributed by atoms with Crippen LogP contribution in [0.2, 0.25) is 0 Å². The third-order valence-corrected chi connectivity index (χ3v) is 3.70. The van der Waals surface area contributed by atoms with Crippen LogP contribution in [-0.4, -0.2) is 17.9 Å². The van der Waals surface area contributed by atoms with Crippen molar-refractivity contribution < 1.29 is 14.0 Å². The topological polar surface area (TPSA) is 71.3 Å². The summed E-state index contributed by atoms with van der Waals surface area (Å²) < 4.78 is 5.10. The number of carbonyl (C=O) groups is 2. The lowest BCUT2D eigenvalue weighted by Crippen LogP contribution is -2.46. The Morgan fingerprint density at radius 1 is 0.920 bits per heavy atom. The molecular formula is C20H18N2O3. The molecule has 0 bridgehead atoms. The average Bonchev–Trinajstić information content (AvgIpc) is 3.18. The Labute approximate surface area is 145 Å². The number of Topliss-reactive ketones (excluding diaryl/α,β-unsaturated/α-hetero) is 1. The van der Waals surface area contributed by atoms with Crippen LogP contribution in [-0.2, 0) is 0 Å². The van der Waals surface area contributed by atoms with Gasteiger partial charge in [0, 0.05) is 11.3 Å². The van der Waals surface area contributed by atoms with Gasteiger partial charge in [0.05, 0.1) is 6.26 Å². The van der Waals surface area contributed by atoms with Gasteiger partial charge in [-0.25, -0.2) is 0 Å². The summed E-state index contributed by atoms with van der Waals surface area (Å²) in [6.07, 6.45) is 0.499. The van der Waals surface area contributed by atoms with Gasteiger partial charge in [-0.2, -0.15) is 0 Å². The molecule has 2 N–H and O–H groups in total. The molecule has 1 amide bonds. The Morgan fingerprint density at radius 3 is 2.28 bits per heavy atom. The highest BCUT2D eigenvalue weighted by molar-refractivity contribution is 6.04. The zero-order valence-corrected chi connectivity index (χ0v) is 13.7. The van der Waals surface area contributed by atoms with E-state index in [0.717, 1.165) is 11.3 Å². The van der Waals surface area contributed by atoms with Gasteiger partial charge in [-0.1, -0.05) is 48.0 Å². The summed E-state index contributed by atoms with van der Waals surface area (Å²) in [5.41, 5.74) is 2.35. The van der Waals surface area contributed by atoms with E-state index >= 15 is 0 Å². The molecule has 1 unspecified atom stereocenters. The van der Waals surface area contributed by atoms with Crippen LogP contribution in [0.1, 0.15) is 26.5 Å². The first-order valence-corrected chi connectivity index (χ1v) is 7.90. The van der Waals surface area contributed by atoms with E-state index in [-0.39, 0.29) is 11.5 Å². The largest absolute Gasteiger partial charge is 0.459 e. The Balaban J connectivity index is 1.83. The molecule has 3 rings (SSSR count). The molecule has 1 heterocycles. The fraction of sp³-hybridized carbons (Fsp3) is 0.100. The average molecular weight is 334 g/mol. The third kappa shape index (κ3) is 4.14. The van der Waals surface area contributed by atoms with Gasteiger partial charge < -0.3 is 15.1 Å². The highest BCUT2D eigenvalue weighted by Gasteiger charge is 2.23. The maximum atomic E-state index is 12.8. The molecule has 0 radical (unpaired) electrons. The van der Waals surface area contributed by atoms with E-state index in [4.69, 9.17) is 4.42 Å². The van der Waals surface area contributed by atoms with Crippen molar-refractivity contribution in [2.24, 2.45) is 0 Å². The number of hydrogen-bond acceptors (Lipinski definition) is 4. The number of benzene rings is 2. The molecule has 0 saturated heterocycles. The third-order valence-electron chi connectivity index (χ3n) is 3.70. The summed E-state index contributed by atoms with van der Waals surface area (Å²) in [4.78, 5) is 25.1. The van der Waals surface area contributed by atoms with Crippen LogP contribution in [0, 0.1) is 6.92 Å². The fourth-order valence-corrected chi connectivity index (χ4v) is 2.36. The lowest BCUT2D eigenvalue weighted by atomic mass is 10.1. The summed E-state index contributed by atoms with van der Waals surface area (Å²) in [6, 6.07) is 19.6. The summed E-state index contributed by atoms with van der Waals surface area (Å²) in [7, 11) is 0. The molecule has 5 nitrogen and oxygen atoms in total. The summed E-state index contributed by atoms with van der Waals surface area (Å²) in [5, 5.41) is 5.76. The number of anilines is 1. The van der Waals surface area contributed by atoms with E-state index in [2.05, 4.69) is 10.6 Å². The van der Waals surface area contributed by atoms with E-state index < -0.39 is 12.1 Å². The minimum Gasteiger partial charge on any atom is -0.459 e. The van der Waals surface area contributed by atoms with Crippen LogP contribution < -0.4 is 10.6 Å². The number of ketones is 1. The number of nitrogens with one attached hydrogen (secondary N) is 2. The molecule has 5 heteroatoms. The molecule has 3 aromatic rings. The Bertz CT molecular complexity index is 840. The predicted molar refractivity (Wildman–Crippen MR) is 95.5 cm³/mol. The van der Waals surface area contributed by atoms with Gasteiger partial charge in [0.1, 0.15) is 0 Å². The molecule has 1 aromatic heterocycles. The van der Waals surface area contributed by atoms with Gasteiger partial charge in [0.15, 0.2) is 11.9 Å². The van der Waals surface area contributed by atoms with Crippen LogP contribution in [0.25, 0.3) is 0 Å². The second-order valence-electron chi connectivity index (χ2n) is 5.62. The molecule has 0 fully saturated rings. The highest BCUT2D eigenvalue weighted by Crippen LogP contribution is 2.13. The highest BCUT2D eigenvalue weighted by atomic mass is 16.3. The molecule has 126 valence electrons. The van der Waals surface area contributed by atoms with E-state index in [1.165, 1.54) is 6.26 Å². The molecule has 0 spiro atoms. The zero-order chi connectivity index (χ0) is 17.6. The SMILES string of the molecule is Cc1ccc(NC(NC(=O)c2ccco2)C(=O)c2ccccc2)cc1. The molecule has 25 heavy (non-hydrogen) atoms. The first kappa shape index (κ1) is 16.5. The number of carbonyl (C=O) groups excluding carboxylic acids is 2. The fourth-order valence-electron chi connectivity index (χ4n) is 2.36. The molecule has 0 aliphatic heterocycles. The van der Waals surface area contributed by atoms with Crippen molar-refractivity contribution in [3.63, 3.8) is 0 Å². The van der Waals surface area contributed by atoms with E-state index in [1.807, 2.05) is 37.3 Å². The monoisotopic (exact) mass is 334 g/mol. The van der Waals surface area contributed by atoms with Gasteiger partial charge in [0.2, 0.25) is 5.78 Å². The lowest BCUT2D eigenvalue weighted by molar-refractivity contribution is 0.0853. The zero-order valence-electron chi connectivity index (χ0n) is 13.7. The maximum Gasteiger partial charge on any atom is 0.288 e. The second kappa shape index (κ2) is 7.49. The van der Waals surface area contributed by atoms with Crippen molar-refractivity contribution in [2.45, 2.75) is 13.1 Å². The van der Waals surface area contributed by atoms with E-state index in [0.29, 0.717) is 5.56 Å². The van der Waals surface area contributed by atoms with Crippen LogP contribution in [0.4, 0.5) is 5.69 Å². The Hall–Kier alpha value is -3.34. The van der Waals surface area contributed by atoms with Crippen LogP contribution in [0.3, 0.4) is 0 Å². The second-order valence-corrected chi connectivity index (χ2v) is 5.62. The number of hydrogen-bond donors (Lipinski definition) is 2. The van der Waals surface area contributed by atoms with Gasteiger partial charge >= 0.3 is 0 Å². The Kier molecular flexibility index (Phi) is 4.95. The van der Waals surface area contributed by atoms with Gasteiger partial charge in [-0.15, -0.1) is 0 Å². The van der Waals surface area contributed by atoms with Crippen LogP contribution in [0.15, 0.2) is 77.4 Å². The molecule has 1 atom stereocenters. The number of amides is 1. The normalized spacial score (nSPS) is 11.6. The van der Waals surface area contributed by atoms with Gasteiger partial charge in [-0.3, -0.25) is 9.59 Å². The first-order chi connectivity index (χ1) is 12.1. The minimum absolute atomic E-state index is 0.150. The van der Waals surface area contributed by atoms with Crippen molar-refractivity contribution >= 4 is 17.4 Å².